The summed E-state index contributed by atoms with van der Waals surface area (Å²) >= 11 is 0. The zero-order chi connectivity index (χ0) is 13.9. The van der Waals surface area contributed by atoms with E-state index in [1.165, 1.54) is 18.4 Å². The molecule has 1 unspecified atom stereocenters. The molecule has 2 nitrogen and oxygen atoms in total. The number of ether oxygens (including phenoxy) is 1. The van der Waals surface area contributed by atoms with Crippen LogP contribution < -0.4 is 10.1 Å². The molecular weight excluding hydrogens is 234 g/mol. The third kappa shape index (κ3) is 7.02. The first-order valence-electron chi connectivity index (χ1n) is 7.32. The predicted molar refractivity (Wildman–Crippen MR) is 82.8 cm³/mol. The first-order valence-corrected chi connectivity index (χ1v) is 7.32. The summed E-state index contributed by atoms with van der Waals surface area (Å²) in [6.07, 6.45) is 7.50. The maximum absolute atomic E-state index is 5.58. The van der Waals surface area contributed by atoms with Gasteiger partial charge in [0.05, 0.1) is 0 Å². The van der Waals surface area contributed by atoms with E-state index in [2.05, 4.69) is 43.4 Å². The van der Waals surface area contributed by atoms with Crippen LogP contribution in [-0.4, -0.2) is 19.2 Å². The van der Waals surface area contributed by atoms with E-state index in [1.54, 1.807) is 0 Å². The van der Waals surface area contributed by atoms with Crippen LogP contribution in [0.2, 0.25) is 0 Å². The molecule has 106 valence electrons. The third-order valence-electron chi connectivity index (χ3n) is 3.11. The first kappa shape index (κ1) is 15.8. The summed E-state index contributed by atoms with van der Waals surface area (Å²) in [5.41, 5.74) is 1.38. The van der Waals surface area contributed by atoms with Gasteiger partial charge in [-0.25, -0.2) is 0 Å². The number of hydrogen-bond acceptors (Lipinski definition) is 2. The van der Waals surface area contributed by atoms with E-state index < -0.39 is 0 Å². The summed E-state index contributed by atoms with van der Waals surface area (Å²) in [5.74, 6) is 0.944. The molecule has 19 heavy (non-hydrogen) atoms. The fraction of sp³-hybridized carbons (Fsp3) is 0.529. The van der Waals surface area contributed by atoms with E-state index in [0.29, 0.717) is 12.6 Å². The van der Waals surface area contributed by atoms with Crippen LogP contribution in [0.5, 0.6) is 5.75 Å². The Morgan fingerprint density at radius 2 is 2.00 bits per heavy atom. The minimum atomic E-state index is 0.588. The summed E-state index contributed by atoms with van der Waals surface area (Å²) < 4.78 is 5.58. The predicted octanol–water partition coefficient (Wildman–Crippen LogP) is 3.96. The van der Waals surface area contributed by atoms with Crippen molar-refractivity contribution in [1.82, 2.24) is 5.32 Å². The Morgan fingerprint density at radius 1 is 1.26 bits per heavy atom. The van der Waals surface area contributed by atoms with Gasteiger partial charge in [-0.15, -0.1) is 0 Å². The zero-order valence-electron chi connectivity index (χ0n) is 12.5. The number of benzene rings is 1. The number of rotatable bonds is 9. The molecule has 1 N–H and O–H groups in total. The minimum absolute atomic E-state index is 0.588. The molecule has 0 amide bonds. The van der Waals surface area contributed by atoms with Gasteiger partial charge in [-0.05, 0) is 57.4 Å². The highest BCUT2D eigenvalue weighted by Gasteiger charge is 2.01. The maximum atomic E-state index is 5.58. The Bertz CT molecular complexity index is 356. The monoisotopic (exact) mass is 261 g/mol. The molecule has 1 rings (SSSR count). The van der Waals surface area contributed by atoms with Gasteiger partial charge in [-0.1, -0.05) is 31.2 Å². The highest BCUT2D eigenvalue weighted by Crippen LogP contribution is 2.14. The van der Waals surface area contributed by atoms with Gasteiger partial charge in [0.25, 0.3) is 0 Å². The summed E-state index contributed by atoms with van der Waals surface area (Å²) in [5, 5.41) is 3.52. The molecule has 0 aromatic heterocycles. The topological polar surface area (TPSA) is 21.3 Å². The molecule has 1 aromatic rings. The lowest BCUT2D eigenvalue weighted by Crippen LogP contribution is -2.27. The van der Waals surface area contributed by atoms with Gasteiger partial charge in [0, 0.05) is 6.04 Å². The zero-order valence-corrected chi connectivity index (χ0v) is 12.5. The largest absolute Gasteiger partial charge is 0.490 e. The van der Waals surface area contributed by atoms with Gasteiger partial charge in [0.2, 0.25) is 0 Å². The van der Waals surface area contributed by atoms with Crippen LogP contribution in [0, 0.1) is 0 Å². The minimum Gasteiger partial charge on any atom is -0.490 e. The normalized spacial score (nSPS) is 12.8. The van der Waals surface area contributed by atoms with Crippen molar-refractivity contribution in [3.8, 4) is 5.75 Å². The van der Waals surface area contributed by atoms with Gasteiger partial charge < -0.3 is 10.1 Å². The lowest BCUT2D eigenvalue weighted by atomic mass is 10.1. The van der Waals surface area contributed by atoms with Crippen molar-refractivity contribution in [2.45, 2.75) is 46.1 Å². The molecular formula is C17H27NO. The summed E-state index contributed by atoms with van der Waals surface area (Å²) in [7, 11) is 0. The average molecular weight is 261 g/mol. The van der Waals surface area contributed by atoms with Crippen LogP contribution in [0.1, 0.15) is 39.2 Å². The Hall–Kier alpha value is -1.28. The van der Waals surface area contributed by atoms with Gasteiger partial charge in [-0.3, -0.25) is 0 Å². The van der Waals surface area contributed by atoms with E-state index >= 15 is 0 Å². The molecule has 1 atom stereocenters. The van der Waals surface area contributed by atoms with E-state index in [0.717, 1.165) is 18.7 Å². The fourth-order valence-electron chi connectivity index (χ4n) is 1.87. The fourth-order valence-corrected chi connectivity index (χ4v) is 1.87. The lowest BCUT2D eigenvalue weighted by Gasteiger charge is -2.13. The standard InChI is InChI=1S/C17H27NO/c1-4-6-14-19-17-11-9-16(10-12-17)8-7-15(3)18-13-5-2/h4,6,9-12,15,18H,5,7-8,13-14H2,1-3H3/b6-4+. The highest BCUT2D eigenvalue weighted by molar-refractivity contribution is 5.27. The Morgan fingerprint density at radius 3 is 2.63 bits per heavy atom. The molecule has 1 aromatic carbocycles. The molecule has 0 aliphatic carbocycles. The van der Waals surface area contributed by atoms with Crippen molar-refractivity contribution in [2.24, 2.45) is 0 Å². The first-order chi connectivity index (χ1) is 9.26. The van der Waals surface area contributed by atoms with Gasteiger partial charge in [-0.2, -0.15) is 0 Å². The van der Waals surface area contributed by atoms with Crippen molar-refractivity contribution in [3.05, 3.63) is 42.0 Å². The van der Waals surface area contributed by atoms with Crippen LogP contribution in [-0.2, 0) is 6.42 Å². The lowest BCUT2D eigenvalue weighted by molar-refractivity contribution is 0.362. The molecule has 0 aliphatic heterocycles. The van der Waals surface area contributed by atoms with E-state index in [4.69, 9.17) is 4.74 Å². The quantitative estimate of drug-likeness (QED) is 0.679. The van der Waals surface area contributed by atoms with Crippen molar-refractivity contribution < 1.29 is 4.74 Å². The Kier molecular flexibility index (Phi) is 7.99. The molecule has 0 spiro atoms. The molecule has 0 radical (unpaired) electrons. The van der Waals surface area contributed by atoms with Crippen LogP contribution >= 0.6 is 0 Å². The van der Waals surface area contributed by atoms with Crippen LogP contribution in [0.25, 0.3) is 0 Å². The summed E-state index contributed by atoms with van der Waals surface area (Å²) in [6.45, 7) is 8.21. The number of hydrogen-bond donors (Lipinski definition) is 1. The second-order valence-electron chi connectivity index (χ2n) is 4.92. The number of nitrogens with one attached hydrogen (secondary N) is 1. The highest BCUT2D eigenvalue weighted by atomic mass is 16.5. The van der Waals surface area contributed by atoms with E-state index in [9.17, 15) is 0 Å². The van der Waals surface area contributed by atoms with Gasteiger partial charge >= 0.3 is 0 Å². The average Bonchev–Trinajstić information content (AvgIpc) is 2.44. The van der Waals surface area contributed by atoms with Crippen molar-refractivity contribution in [3.63, 3.8) is 0 Å². The SMILES string of the molecule is C/C=C/COc1ccc(CCC(C)NCCC)cc1. The summed E-state index contributed by atoms with van der Waals surface area (Å²) in [4.78, 5) is 0. The molecule has 2 heteroatoms. The van der Waals surface area contributed by atoms with Crippen LogP contribution in [0.3, 0.4) is 0 Å². The maximum Gasteiger partial charge on any atom is 0.119 e. The summed E-state index contributed by atoms with van der Waals surface area (Å²) in [6, 6.07) is 9.03. The van der Waals surface area contributed by atoms with Crippen molar-refractivity contribution >= 4 is 0 Å². The van der Waals surface area contributed by atoms with Gasteiger partial charge in [0.1, 0.15) is 12.4 Å². The second kappa shape index (κ2) is 9.62. The molecule has 0 heterocycles. The van der Waals surface area contributed by atoms with Crippen LogP contribution in [0.15, 0.2) is 36.4 Å². The van der Waals surface area contributed by atoms with Crippen molar-refractivity contribution in [1.29, 1.82) is 0 Å². The molecule has 0 saturated carbocycles. The molecule has 0 fully saturated rings. The smallest absolute Gasteiger partial charge is 0.119 e. The van der Waals surface area contributed by atoms with Crippen LogP contribution in [0.4, 0.5) is 0 Å². The Labute approximate surface area is 117 Å². The molecule has 0 bridgehead atoms. The number of aryl methyl sites for hydroxylation is 1. The molecule has 0 saturated heterocycles. The third-order valence-corrected chi connectivity index (χ3v) is 3.11. The van der Waals surface area contributed by atoms with Crippen molar-refractivity contribution in [2.75, 3.05) is 13.2 Å². The number of allylic oxidation sites excluding steroid dienone is 1. The van der Waals surface area contributed by atoms with E-state index in [-0.39, 0.29) is 0 Å². The molecule has 0 aliphatic rings. The second-order valence-corrected chi connectivity index (χ2v) is 4.92. The van der Waals surface area contributed by atoms with E-state index in [1.807, 2.05) is 19.1 Å². The Balaban J connectivity index is 2.31. The van der Waals surface area contributed by atoms with Gasteiger partial charge in [0.15, 0.2) is 0 Å².